The molecule has 13 heavy (non-hydrogen) atoms. The molecule has 74 valence electrons. The van der Waals surface area contributed by atoms with E-state index in [4.69, 9.17) is 0 Å². The minimum atomic E-state index is 0.262. The molecule has 0 bridgehead atoms. The summed E-state index contributed by atoms with van der Waals surface area (Å²) in [6.07, 6.45) is 1.19. The molecule has 4 nitrogen and oxygen atoms in total. The Balaban J connectivity index is 1.90. The van der Waals surface area contributed by atoms with Crippen molar-refractivity contribution < 1.29 is 4.79 Å². The van der Waals surface area contributed by atoms with E-state index in [1.54, 1.807) is 0 Å². The van der Waals surface area contributed by atoms with E-state index in [-0.39, 0.29) is 5.91 Å². The first-order chi connectivity index (χ1) is 6.27. The number of hydrogen-bond donors (Lipinski definition) is 1. The van der Waals surface area contributed by atoms with Gasteiger partial charge in [0, 0.05) is 32.7 Å². The molecule has 0 aliphatic carbocycles. The number of hydrogen-bond acceptors (Lipinski definition) is 3. The molecule has 0 spiro atoms. The predicted molar refractivity (Wildman–Crippen MR) is 50.5 cm³/mol. The van der Waals surface area contributed by atoms with Gasteiger partial charge < -0.3 is 10.2 Å². The van der Waals surface area contributed by atoms with Crippen molar-refractivity contribution in [1.82, 2.24) is 15.1 Å². The van der Waals surface area contributed by atoms with Gasteiger partial charge in [-0.25, -0.2) is 0 Å². The van der Waals surface area contributed by atoms with Crippen LogP contribution in [0.4, 0.5) is 0 Å². The number of carbonyl (C=O) groups is 1. The Labute approximate surface area is 78.9 Å². The molecule has 0 aromatic heterocycles. The van der Waals surface area contributed by atoms with Crippen LogP contribution in [0, 0.1) is 0 Å². The molecule has 1 unspecified atom stereocenters. The fraction of sp³-hybridized carbons (Fsp3) is 0.889. The van der Waals surface area contributed by atoms with Crippen molar-refractivity contribution in [3.63, 3.8) is 0 Å². The molecule has 1 amide bonds. The predicted octanol–water partition coefficient (Wildman–Crippen LogP) is -0.878. The summed E-state index contributed by atoms with van der Waals surface area (Å²) in [5.74, 6) is 0.262. The summed E-state index contributed by atoms with van der Waals surface area (Å²) in [4.78, 5) is 15.6. The van der Waals surface area contributed by atoms with Crippen LogP contribution in [-0.4, -0.2) is 61.5 Å². The van der Waals surface area contributed by atoms with Crippen molar-refractivity contribution in [1.29, 1.82) is 0 Å². The zero-order valence-electron chi connectivity index (χ0n) is 8.12. The zero-order chi connectivity index (χ0) is 9.26. The normalized spacial score (nSPS) is 31.3. The van der Waals surface area contributed by atoms with Crippen LogP contribution >= 0.6 is 0 Å². The van der Waals surface area contributed by atoms with E-state index in [1.165, 1.54) is 6.42 Å². The van der Waals surface area contributed by atoms with Gasteiger partial charge in [0.25, 0.3) is 0 Å². The maximum absolute atomic E-state index is 11.4. The molecule has 1 N–H and O–H groups in total. The van der Waals surface area contributed by atoms with Crippen LogP contribution < -0.4 is 5.32 Å². The van der Waals surface area contributed by atoms with Gasteiger partial charge >= 0.3 is 0 Å². The van der Waals surface area contributed by atoms with Gasteiger partial charge in [0.15, 0.2) is 0 Å². The maximum atomic E-state index is 11.4. The number of piperazine rings is 1. The second-order valence-corrected chi connectivity index (χ2v) is 3.93. The molecule has 0 radical (unpaired) electrons. The molecule has 0 aromatic carbocycles. The Bertz CT molecular complexity index is 201. The number of carbonyl (C=O) groups excluding carboxylic acids is 1. The van der Waals surface area contributed by atoms with Crippen LogP contribution in [0.3, 0.4) is 0 Å². The first kappa shape index (κ1) is 8.97. The van der Waals surface area contributed by atoms with Gasteiger partial charge in [-0.15, -0.1) is 0 Å². The second kappa shape index (κ2) is 3.64. The monoisotopic (exact) mass is 183 g/mol. The minimum absolute atomic E-state index is 0.262. The van der Waals surface area contributed by atoms with E-state index >= 15 is 0 Å². The summed E-state index contributed by atoms with van der Waals surface area (Å²) >= 11 is 0. The molecule has 1 atom stereocenters. The van der Waals surface area contributed by atoms with Gasteiger partial charge in [0.2, 0.25) is 5.91 Å². The molecule has 2 rings (SSSR count). The lowest BCUT2D eigenvalue weighted by molar-refractivity contribution is -0.135. The zero-order valence-corrected chi connectivity index (χ0v) is 8.12. The highest BCUT2D eigenvalue weighted by molar-refractivity contribution is 5.78. The third-order valence-corrected chi connectivity index (χ3v) is 3.04. The van der Waals surface area contributed by atoms with Gasteiger partial charge in [-0.3, -0.25) is 9.69 Å². The maximum Gasteiger partial charge on any atom is 0.236 e. The van der Waals surface area contributed by atoms with E-state index in [1.807, 2.05) is 11.9 Å². The lowest BCUT2D eigenvalue weighted by Gasteiger charge is -2.35. The number of likely N-dealkylation sites (N-methyl/N-ethyl adjacent to an activating group) is 1. The third-order valence-electron chi connectivity index (χ3n) is 3.04. The molecule has 2 heterocycles. The van der Waals surface area contributed by atoms with Crippen LogP contribution in [0.1, 0.15) is 6.42 Å². The third kappa shape index (κ3) is 1.84. The lowest BCUT2D eigenvalue weighted by Crippen LogP contribution is -2.52. The largest absolute Gasteiger partial charge is 0.343 e. The van der Waals surface area contributed by atoms with E-state index in [0.717, 1.165) is 26.2 Å². The lowest BCUT2D eigenvalue weighted by atomic mass is 10.2. The second-order valence-electron chi connectivity index (χ2n) is 3.93. The first-order valence-corrected chi connectivity index (χ1v) is 4.96. The Morgan fingerprint density at radius 3 is 2.92 bits per heavy atom. The van der Waals surface area contributed by atoms with Crippen LogP contribution in [0.5, 0.6) is 0 Å². The Hall–Kier alpha value is -0.610. The van der Waals surface area contributed by atoms with Crippen LogP contribution in [0.15, 0.2) is 0 Å². The summed E-state index contributed by atoms with van der Waals surface area (Å²) in [7, 11) is 1.88. The van der Waals surface area contributed by atoms with Gasteiger partial charge in [-0.2, -0.15) is 0 Å². The molecular weight excluding hydrogens is 166 g/mol. The average Bonchev–Trinajstić information content (AvgIpc) is 2.62. The molecular formula is C9H17N3O. The quantitative estimate of drug-likeness (QED) is 0.573. The smallest absolute Gasteiger partial charge is 0.236 e. The molecule has 0 saturated carbocycles. The van der Waals surface area contributed by atoms with Crippen LogP contribution in [0.2, 0.25) is 0 Å². The van der Waals surface area contributed by atoms with Gasteiger partial charge in [0.05, 0.1) is 6.54 Å². The molecule has 4 heteroatoms. The number of rotatable bonds is 1. The minimum Gasteiger partial charge on any atom is -0.343 e. The van der Waals surface area contributed by atoms with Crippen molar-refractivity contribution in [3.8, 4) is 0 Å². The highest BCUT2D eigenvalue weighted by atomic mass is 16.2. The van der Waals surface area contributed by atoms with Gasteiger partial charge in [-0.1, -0.05) is 0 Å². The van der Waals surface area contributed by atoms with Crippen molar-refractivity contribution in [2.75, 3.05) is 39.8 Å². The summed E-state index contributed by atoms with van der Waals surface area (Å²) in [6.45, 7) is 4.69. The number of amides is 1. The molecule has 2 aliphatic heterocycles. The van der Waals surface area contributed by atoms with E-state index in [0.29, 0.717) is 12.6 Å². The summed E-state index contributed by atoms with van der Waals surface area (Å²) in [5, 5.41) is 3.33. The molecule has 2 saturated heterocycles. The molecule has 2 aliphatic rings. The first-order valence-electron chi connectivity index (χ1n) is 4.96. The van der Waals surface area contributed by atoms with E-state index in [2.05, 4.69) is 10.2 Å². The number of nitrogens with one attached hydrogen (secondary N) is 1. The van der Waals surface area contributed by atoms with Crippen LogP contribution in [0.25, 0.3) is 0 Å². The summed E-state index contributed by atoms with van der Waals surface area (Å²) < 4.78 is 0. The number of nitrogens with zero attached hydrogens (tertiary/aromatic N) is 2. The van der Waals surface area contributed by atoms with Crippen molar-refractivity contribution in [3.05, 3.63) is 0 Å². The molecule has 2 fully saturated rings. The van der Waals surface area contributed by atoms with Crippen molar-refractivity contribution in [2.24, 2.45) is 0 Å². The highest BCUT2D eigenvalue weighted by Crippen LogP contribution is 2.11. The highest BCUT2D eigenvalue weighted by Gasteiger charge is 2.28. The van der Waals surface area contributed by atoms with Gasteiger partial charge in [-0.05, 0) is 13.0 Å². The van der Waals surface area contributed by atoms with Crippen molar-refractivity contribution in [2.45, 2.75) is 12.5 Å². The average molecular weight is 183 g/mol. The topological polar surface area (TPSA) is 35.6 Å². The summed E-state index contributed by atoms with van der Waals surface area (Å²) in [6, 6.07) is 0.595. The van der Waals surface area contributed by atoms with E-state index in [9.17, 15) is 4.79 Å². The Kier molecular flexibility index (Phi) is 2.51. The molecule has 0 aromatic rings. The fourth-order valence-corrected chi connectivity index (χ4v) is 2.04. The van der Waals surface area contributed by atoms with Crippen molar-refractivity contribution >= 4 is 5.91 Å². The van der Waals surface area contributed by atoms with Gasteiger partial charge in [0.1, 0.15) is 0 Å². The van der Waals surface area contributed by atoms with Crippen LogP contribution in [-0.2, 0) is 4.79 Å². The standard InChI is InChI=1S/C9H17N3O/c1-11-4-5-12(7-9(11)13)8-2-3-10-6-8/h8,10H,2-7H2,1H3. The fourth-order valence-electron chi connectivity index (χ4n) is 2.04. The van der Waals surface area contributed by atoms with E-state index < -0.39 is 0 Å². The summed E-state index contributed by atoms with van der Waals surface area (Å²) in [5.41, 5.74) is 0. The Morgan fingerprint density at radius 1 is 1.46 bits per heavy atom. The SMILES string of the molecule is CN1CCN(C2CCNC2)CC1=O. The Morgan fingerprint density at radius 2 is 2.31 bits per heavy atom.